The van der Waals surface area contributed by atoms with Crippen molar-refractivity contribution in [3.05, 3.63) is 29.2 Å². The molecule has 18 heavy (non-hydrogen) atoms. The number of hydrogen-bond donors (Lipinski definition) is 0. The maximum absolute atomic E-state index is 12.1. The van der Waals surface area contributed by atoms with Gasteiger partial charge in [-0.25, -0.2) is 0 Å². The first kappa shape index (κ1) is 12.8. The maximum atomic E-state index is 12.1. The second-order valence-electron chi connectivity index (χ2n) is 4.36. The van der Waals surface area contributed by atoms with E-state index in [9.17, 15) is 4.79 Å². The van der Waals surface area contributed by atoms with Crippen LogP contribution in [0.4, 0.5) is 5.00 Å². The predicted octanol–water partition coefficient (Wildman–Crippen LogP) is 1.78. The van der Waals surface area contributed by atoms with Crippen LogP contribution in [-0.4, -0.2) is 37.0 Å². The number of nitrogens with zero attached hydrogens (tertiary/aromatic N) is 3. The molecule has 0 N–H and O–H groups in total. The van der Waals surface area contributed by atoms with Crippen LogP contribution in [0.25, 0.3) is 0 Å². The number of rotatable bonds is 3. The monoisotopic (exact) mass is 261 g/mol. The zero-order valence-corrected chi connectivity index (χ0v) is 11.2. The minimum absolute atomic E-state index is 0.0915. The Labute approximate surface area is 111 Å². The van der Waals surface area contributed by atoms with E-state index in [-0.39, 0.29) is 5.91 Å². The van der Waals surface area contributed by atoms with Crippen molar-refractivity contribution in [3.8, 4) is 6.07 Å². The number of thiophene rings is 1. The molecule has 5 heteroatoms. The predicted molar refractivity (Wildman–Crippen MR) is 72.6 cm³/mol. The summed E-state index contributed by atoms with van der Waals surface area (Å²) >= 11 is 1.63. The third kappa shape index (κ3) is 2.78. The average Bonchev–Trinajstić information content (AvgIpc) is 2.75. The van der Waals surface area contributed by atoms with Crippen LogP contribution in [0.1, 0.15) is 4.88 Å². The number of carbonyl (C=O) groups is 1. The van der Waals surface area contributed by atoms with Crippen LogP contribution in [0.5, 0.6) is 0 Å². The standard InChI is InChI=1S/C13H15N3OS/c1-10(7-14)8-15-5-6-16(12(17)9-15)13-4-3-11(2)18-13/h3-4H,1,5-6,8-9H2,2H3. The van der Waals surface area contributed by atoms with Crippen molar-refractivity contribution in [2.24, 2.45) is 0 Å². The number of piperazine rings is 1. The molecule has 4 nitrogen and oxygen atoms in total. The molecule has 0 bridgehead atoms. The quantitative estimate of drug-likeness (QED) is 0.779. The molecule has 0 aromatic carbocycles. The molecule has 0 saturated carbocycles. The lowest BCUT2D eigenvalue weighted by Gasteiger charge is -2.33. The summed E-state index contributed by atoms with van der Waals surface area (Å²) in [5.41, 5.74) is 0.503. The molecule has 1 amide bonds. The molecule has 0 aliphatic carbocycles. The Balaban J connectivity index is 1.99. The van der Waals surface area contributed by atoms with E-state index in [1.807, 2.05) is 34.9 Å². The molecular formula is C13H15N3OS. The molecule has 1 saturated heterocycles. The lowest BCUT2D eigenvalue weighted by molar-refractivity contribution is -0.121. The Morgan fingerprint density at radius 2 is 2.33 bits per heavy atom. The lowest BCUT2D eigenvalue weighted by Crippen LogP contribution is -2.50. The summed E-state index contributed by atoms with van der Waals surface area (Å²) in [6.45, 7) is 7.98. The van der Waals surface area contributed by atoms with Gasteiger partial charge in [0.25, 0.3) is 0 Å². The van der Waals surface area contributed by atoms with Crippen LogP contribution in [-0.2, 0) is 4.79 Å². The van der Waals surface area contributed by atoms with Crippen molar-refractivity contribution >= 4 is 22.2 Å². The highest BCUT2D eigenvalue weighted by Crippen LogP contribution is 2.26. The van der Waals surface area contributed by atoms with Gasteiger partial charge in [-0.05, 0) is 19.1 Å². The smallest absolute Gasteiger partial charge is 0.241 e. The van der Waals surface area contributed by atoms with Crippen molar-refractivity contribution in [1.82, 2.24) is 4.90 Å². The molecular weight excluding hydrogens is 246 g/mol. The molecule has 0 radical (unpaired) electrons. The molecule has 0 spiro atoms. The highest BCUT2D eigenvalue weighted by Gasteiger charge is 2.25. The third-order valence-electron chi connectivity index (χ3n) is 2.86. The third-order valence-corrected chi connectivity index (χ3v) is 3.89. The molecule has 1 aromatic rings. The van der Waals surface area contributed by atoms with Gasteiger partial charge in [0, 0.05) is 30.1 Å². The SMILES string of the molecule is C=C(C#N)CN1CCN(c2ccc(C)s2)C(=O)C1. The van der Waals surface area contributed by atoms with Gasteiger partial charge in [-0.1, -0.05) is 6.58 Å². The number of anilines is 1. The Morgan fingerprint density at radius 1 is 1.56 bits per heavy atom. The fourth-order valence-electron chi connectivity index (χ4n) is 1.96. The van der Waals surface area contributed by atoms with E-state index < -0.39 is 0 Å². The van der Waals surface area contributed by atoms with E-state index in [2.05, 4.69) is 6.58 Å². The number of carbonyl (C=O) groups excluding carboxylic acids is 1. The van der Waals surface area contributed by atoms with E-state index in [0.29, 0.717) is 25.2 Å². The van der Waals surface area contributed by atoms with Gasteiger partial charge in [-0.2, -0.15) is 5.26 Å². The van der Waals surface area contributed by atoms with Gasteiger partial charge in [0.05, 0.1) is 17.6 Å². The van der Waals surface area contributed by atoms with Crippen molar-refractivity contribution in [2.45, 2.75) is 6.92 Å². The fourth-order valence-corrected chi connectivity index (χ4v) is 2.87. The van der Waals surface area contributed by atoms with Gasteiger partial charge >= 0.3 is 0 Å². The second-order valence-corrected chi connectivity index (χ2v) is 5.62. The van der Waals surface area contributed by atoms with E-state index in [1.54, 1.807) is 11.3 Å². The molecule has 1 aliphatic rings. The summed E-state index contributed by atoms with van der Waals surface area (Å²) in [5.74, 6) is 0.0915. The molecule has 2 heterocycles. The van der Waals surface area contributed by atoms with E-state index in [4.69, 9.17) is 5.26 Å². The van der Waals surface area contributed by atoms with Gasteiger partial charge in [-0.15, -0.1) is 11.3 Å². The minimum Gasteiger partial charge on any atom is -0.301 e. The number of aryl methyl sites for hydroxylation is 1. The zero-order valence-electron chi connectivity index (χ0n) is 10.3. The van der Waals surface area contributed by atoms with Crippen LogP contribution in [0, 0.1) is 18.3 Å². The normalized spacial score (nSPS) is 16.7. The number of amides is 1. The molecule has 0 unspecified atom stereocenters. The van der Waals surface area contributed by atoms with Crippen molar-refractivity contribution in [2.75, 3.05) is 31.1 Å². The zero-order chi connectivity index (χ0) is 13.1. The Morgan fingerprint density at radius 3 is 2.89 bits per heavy atom. The van der Waals surface area contributed by atoms with Crippen LogP contribution in [0.15, 0.2) is 24.3 Å². The van der Waals surface area contributed by atoms with E-state index >= 15 is 0 Å². The molecule has 0 atom stereocenters. The molecule has 1 aliphatic heterocycles. The second kappa shape index (κ2) is 5.34. The van der Waals surface area contributed by atoms with Crippen LogP contribution in [0.3, 0.4) is 0 Å². The van der Waals surface area contributed by atoms with Crippen LogP contribution in [0.2, 0.25) is 0 Å². The minimum atomic E-state index is 0.0915. The summed E-state index contributed by atoms with van der Waals surface area (Å²) < 4.78 is 0. The highest BCUT2D eigenvalue weighted by atomic mass is 32.1. The van der Waals surface area contributed by atoms with E-state index in [0.717, 1.165) is 11.5 Å². The largest absolute Gasteiger partial charge is 0.301 e. The summed E-state index contributed by atoms with van der Waals surface area (Å²) in [6, 6.07) is 6.03. The Kier molecular flexibility index (Phi) is 3.80. The number of nitriles is 1. The summed E-state index contributed by atoms with van der Waals surface area (Å²) in [4.78, 5) is 17.1. The first-order valence-electron chi connectivity index (χ1n) is 5.77. The van der Waals surface area contributed by atoms with Gasteiger partial charge in [0.1, 0.15) is 0 Å². The van der Waals surface area contributed by atoms with Gasteiger partial charge in [0.2, 0.25) is 5.91 Å². The lowest BCUT2D eigenvalue weighted by atomic mass is 10.2. The van der Waals surface area contributed by atoms with Crippen molar-refractivity contribution < 1.29 is 4.79 Å². The topological polar surface area (TPSA) is 47.3 Å². The molecule has 1 aromatic heterocycles. The summed E-state index contributed by atoms with van der Waals surface area (Å²) in [7, 11) is 0. The first-order chi connectivity index (χ1) is 8.60. The van der Waals surface area contributed by atoms with Gasteiger partial charge in [0.15, 0.2) is 0 Å². The summed E-state index contributed by atoms with van der Waals surface area (Å²) in [5, 5.41) is 9.70. The van der Waals surface area contributed by atoms with Crippen LogP contribution >= 0.6 is 11.3 Å². The van der Waals surface area contributed by atoms with Crippen molar-refractivity contribution in [3.63, 3.8) is 0 Å². The van der Waals surface area contributed by atoms with Gasteiger partial charge in [-0.3, -0.25) is 9.69 Å². The maximum Gasteiger partial charge on any atom is 0.241 e. The first-order valence-corrected chi connectivity index (χ1v) is 6.59. The van der Waals surface area contributed by atoms with Crippen molar-refractivity contribution in [1.29, 1.82) is 5.26 Å². The van der Waals surface area contributed by atoms with Crippen LogP contribution < -0.4 is 4.90 Å². The molecule has 2 rings (SSSR count). The molecule has 1 fully saturated rings. The highest BCUT2D eigenvalue weighted by molar-refractivity contribution is 7.16. The van der Waals surface area contributed by atoms with Gasteiger partial charge < -0.3 is 4.90 Å². The van der Waals surface area contributed by atoms with E-state index in [1.165, 1.54) is 4.88 Å². The average molecular weight is 261 g/mol. The number of hydrogen-bond acceptors (Lipinski definition) is 4. The molecule has 94 valence electrons. The fraction of sp³-hybridized carbons (Fsp3) is 0.385. The summed E-state index contributed by atoms with van der Waals surface area (Å²) in [6.07, 6.45) is 0. The Bertz CT molecular complexity index is 515. The Hall–Kier alpha value is -1.64.